The zero-order valence-electron chi connectivity index (χ0n) is 23.5. The van der Waals surface area contributed by atoms with Gasteiger partial charge in [-0.2, -0.15) is 0 Å². The van der Waals surface area contributed by atoms with Crippen molar-refractivity contribution in [3.8, 4) is 0 Å². The second kappa shape index (κ2) is 14.5. The van der Waals surface area contributed by atoms with Crippen LogP contribution in [0.4, 0.5) is 0 Å². The molecule has 0 aliphatic heterocycles. The first-order valence-corrected chi connectivity index (χ1v) is 12.4. The van der Waals surface area contributed by atoms with Crippen LogP contribution in [0.3, 0.4) is 0 Å². The van der Waals surface area contributed by atoms with Gasteiger partial charge in [-0.1, -0.05) is 6.42 Å². The lowest BCUT2D eigenvalue weighted by Gasteiger charge is -2.26. The molecule has 0 rings (SSSR count). The van der Waals surface area contributed by atoms with E-state index in [1.807, 2.05) is 0 Å². The van der Waals surface area contributed by atoms with Crippen molar-refractivity contribution < 1.29 is 33.4 Å². The molecule has 0 unspecified atom stereocenters. The van der Waals surface area contributed by atoms with E-state index in [-0.39, 0.29) is 18.6 Å². The molecular weight excluding hydrogens is 452 g/mol. The molecule has 0 bridgehead atoms. The summed E-state index contributed by atoms with van der Waals surface area (Å²) in [5.74, 6) is -1.48. The van der Waals surface area contributed by atoms with Crippen molar-refractivity contribution in [1.29, 1.82) is 0 Å². The van der Waals surface area contributed by atoms with Crippen LogP contribution < -0.4 is 10.6 Å². The Balaban J connectivity index is 4.65. The fraction of sp³-hybridized carbons (Fsp3) is 0.846. The fourth-order valence-corrected chi connectivity index (χ4v) is 3.04. The molecule has 35 heavy (non-hydrogen) atoms. The van der Waals surface area contributed by atoms with Crippen LogP contribution in [0.5, 0.6) is 0 Å². The number of ether oxygens (including phenoxy) is 3. The Hall–Kier alpha value is -2.00. The molecule has 0 fully saturated rings. The second-order valence-electron chi connectivity index (χ2n) is 11.8. The first kappa shape index (κ1) is 33.0. The lowest BCUT2D eigenvalue weighted by atomic mass is 10.1. The number of Topliss-reactive ketones (excluding diaryl/α,β-unsaturated/α-hetero) is 1. The molecule has 2 atom stereocenters. The molecule has 9 nitrogen and oxygen atoms in total. The molecular formula is C26H48N2O7. The van der Waals surface area contributed by atoms with E-state index in [1.54, 1.807) is 62.3 Å². The Morgan fingerprint density at radius 2 is 0.971 bits per heavy atom. The molecule has 0 radical (unpaired) electrons. The zero-order chi connectivity index (χ0) is 27.4. The van der Waals surface area contributed by atoms with Crippen LogP contribution in [0, 0.1) is 0 Å². The molecule has 2 N–H and O–H groups in total. The Morgan fingerprint density at radius 3 is 1.31 bits per heavy atom. The van der Waals surface area contributed by atoms with Crippen LogP contribution in [0.1, 0.15) is 101 Å². The van der Waals surface area contributed by atoms with Gasteiger partial charge in [0.05, 0.1) is 6.42 Å². The highest BCUT2D eigenvalue weighted by Crippen LogP contribution is 2.14. The molecule has 0 saturated heterocycles. The number of unbranched alkanes of at least 4 members (excludes halogenated alkanes) is 2. The van der Waals surface area contributed by atoms with Crippen LogP contribution >= 0.6 is 0 Å². The van der Waals surface area contributed by atoms with Gasteiger partial charge in [-0.15, -0.1) is 0 Å². The normalized spacial score (nSPS) is 14.1. The largest absolute Gasteiger partial charge is 0.460 e. The molecule has 9 heteroatoms. The summed E-state index contributed by atoms with van der Waals surface area (Å²) in [6, 6.07) is -1.47. The second-order valence-corrected chi connectivity index (χ2v) is 11.8. The number of rotatable bonds is 14. The molecule has 0 aromatic rings. The smallest absolute Gasteiger partial charge is 0.324 e. The molecule has 0 amide bonds. The third kappa shape index (κ3) is 18.9. The third-order valence-corrected chi connectivity index (χ3v) is 4.30. The first-order chi connectivity index (χ1) is 15.8. The Bertz CT molecular complexity index is 700. The number of esters is 3. The van der Waals surface area contributed by atoms with Crippen molar-refractivity contribution in [2.75, 3.05) is 13.1 Å². The topological polar surface area (TPSA) is 120 Å². The maximum atomic E-state index is 12.6. The molecule has 0 heterocycles. The number of hydrogen-bond acceptors (Lipinski definition) is 9. The summed E-state index contributed by atoms with van der Waals surface area (Å²) in [7, 11) is 0. The number of carbonyl (C=O) groups excluding carboxylic acids is 4. The van der Waals surface area contributed by atoms with Gasteiger partial charge in [-0.25, -0.2) is 0 Å². The maximum Gasteiger partial charge on any atom is 0.324 e. The standard InChI is InChI=1S/C26H48N2O7/c1-18(29)16-19(22(31)34-25(5,6)7)27-14-12-11-13-15-28-20(23(32)35-26(8,9)10)17-21(30)33-24(2,3)4/h19-20,27-28H,11-17H2,1-10H3/t19-,20-/m0/s1. The van der Waals surface area contributed by atoms with Gasteiger partial charge >= 0.3 is 17.9 Å². The Morgan fingerprint density at radius 1 is 0.600 bits per heavy atom. The van der Waals surface area contributed by atoms with Gasteiger partial charge < -0.3 is 24.8 Å². The van der Waals surface area contributed by atoms with Gasteiger partial charge in [0.2, 0.25) is 0 Å². The van der Waals surface area contributed by atoms with Gasteiger partial charge in [0.1, 0.15) is 34.7 Å². The molecule has 0 aromatic carbocycles. The predicted octanol–water partition coefficient (Wildman–Crippen LogP) is 3.47. The van der Waals surface area contributed by atoms with Crippen LogP contribution in [0.25, 0.3) is 0 Å². The summed E-state index contributed by atoms with van der Waals surface area (Å²) < 4.78 is 16.2. The zero-order valence-corrected chi connectivity index (χ0v) is 23.5. The molecule has 0 spiro atoms. The summed E-state index contributed by atoms with van der Waals surface area (Å²) in [5.41, 5.74) is -1.92. The predicted molar refractivity (Wildman–Crippen MR) is 135 cm³/mol. The van der Waals surface area contributed by atoms with E-state index in [0.29, 0.717) is 13.1 Å². The minimum Gasteiger partial charge on any atom is -0.460 e. The Kier molecular flexibility index (Phi) is 13.7. The fourth-order valence-electron chi connectivity index (χ4n) is 3.04. The van der Waals surface area contributed by atoms with Crippen LogP contribution in [0.15, 0.2) is 0 Å². The molecule has 0 saturated carbocycles. The van der Waals surface area contributed by atoms with Crippen LogP contribution in [0.2, 0.25) is 0 Å². The van der Waals surface area contributed by atoms with Gasteiger partial charge in [0, 0.05) is 6.42 Å². The summed E-state index contributed by atoms with van der Waals surface area (Å²) >= 11 is 0. The summed E-state index contributed by atoms with van der Waals surface area (Å²) in [6.07, 6.45) is 2.30. The first-order valence-electron chi connectivity index (χ1n) is 12.4. The van der Waals surface area contributed by atoms with Gasteiger partial charge in [-0.3, -0.25) is 19.2 Å². The van der Waals surface area contributed by atoms with E-state index in [1.165, 1.54) is 6.92 Å². The number of ketones is 1. The van der Waals surface area contributed by atoms with E-state index in [2.05, 4.69) is 10.6 Å². The average Bonchev–Trinajstić information content (AvgIpc) is 2.60. The summed E-state index contributed by atoms with van der Waals surface area (Å²) in [6.45, 7) is 18.5. The van der Waals surface area contributed by atoms with Crippen molar-refractivity contribution in [1.82, 2.24) is 10.6 Å². The van der Waals surface area contributed by atoms with Crippen molar-refractivity contribution in [3.63, 3.8) is 0 Å². The summed E-state index contributed by atoms with van der Waals surface area (Å²) in [5, 5.41) is 6.23. The van der Waals surface area contributed by atoms with Gasteiger partial charge in [0.15, 0.2) is 0 Å². The lowest BCUT2D eigenvalue weighted by Crippen LogP contribution is -2.44. The van der Waals surface area contributed by atoms with E-state index in [4.69, 9.17) is 14.2 Å². The van der Waals surface area contributed by atoms with E-state index >= 15 is 0 Å². The van der Waals surface area contributed by atoms with Crippen molar-refractivity contribution in [2.45, 2.75) is 130 Å². The van der Waals surface area contributed by atoms with E-state index in [0.717, 1.165) is 19.3 Å². The maximum absolute atomic E-state index is 12.6. The molecule has 204 valence electrons. The minimum absolute atomic E-state index is 0.0820. The van der Waals surface area contributed by atoms with Crippen molar-refractivity contribution in [2.24, 2.45) is 0 Å². The SMILES string of the molecule is CC(=O)C[C@H](NCCCCCN[C@@H](CC(=O)OC(C)(C)C)C(=O)OC(C)(C)C)C(=O)OC(C)(C)C. The molecule has 0 aliphatic carbocycles. The number of hydrogen-bond donors (Lipinski definition) is 2. The Labute approximate surface area is 211 Å². The summed E-state index contributed by atoms with van der Waals surface area (Å²) in [4.78, 5) is 48.7. The van der Waals surface area contributed by atoms with Crippen LogP contribution in [-0.2, 0) is 33.4 Å². The highest BCUT2D eigenvalue weighted by Gasteiger charge is 2.29. The van der Waals surface area contributed by atoms with Gasteiger partial charge in [0.25, 0.3) is 0 Å². The van der Waals surface area contributed by atoms with Crippen molar-refractivity contribution in [3.05, 3.63) is 0 Å². The monoisotopic (exact) mass is 500 g/mol. The van der Waals surface area contributed by atoms with Crippen molar-refractivity contribution >= 4 is 23.7 Å². The average molecular weight is 501 g/mol. The lowest BCUT2D eigenvalue weighted by molar-refractivity contribution is -0.164. The van der Waals surface area contributed by atoms with Crippen LogP contribution in [-0.4, -0.2) is 65.7 Å². The molecule has 0 aromatic heterocycles. The minimum atomic E-state index is -0.797. The van der Waals surface area contributed by atoms with Gasteiger partial charge in [-0.05, 0) is 95.2 Å². The highest BCUT2D eigenvalue weighted by molar-refractivity contribution is 5.85. The highest BCUT2D eigenvalue weighted by atomic mass is 16.6. The number of carbonyl (C=O) groups is 4. The third-order valence-electron chi connectivity index (χ3n) is 4.30. The van der Waals surface area contributed by atoms with E-state index in [9.17, 15) is 19.2 Å². The molecule has 0 aliphatic rings. The number of nitrogens with one attached hydrogen (secondary N) is 2. The quantitative estimate of drug-likeness (QED) is 0.210. The van der Waals surface area contributed by atoms with E-state index < -0.39 is 46.8 Å².